The first kappa shape index (κ1) is 11.5. The Labute approximate surface area is 113 Å². The van der Waals surface area contributed by atoms with Gasteiger partial charge in [-0.05, 0) is 50.4 Å². The molecule has 4 rings (SSSR count). The van der Waals surface area contributed by atoms with E-state index in [1.807, 2.05) is 6.07 Å². The van der Waals surface area contributed by atoms with Crippen LogP contribution in [0.1, 0.15) is 43.1 Å². The van der Waals surface area contributed by atoms with Gasteiger partial charge in [0.25, 0.3) is 0 Å². The van der Waals surface area contributed by atoms with Crippen LogP contribution < -0.4 is 0 Å². The molecule has 1 saturated heterocycles. The van der Waals surface area contributed by atoms with Crippen molar-refractivity contribution in [3.63, 3.8) is 0 Å². The van der Waals surface area contributed by atoms with Crippen molar-refractivity contribution in [2.45, 2.75) is 44.6 Å². The topological polar surface area (TPSA) is 29.3 Å². The summed E-state index contributed by atoms with van der Waals surface area (Å²) in [5.74, 6) is 1.44. The smallest absolute Gasteiger partial charge is 0.199 e. The lowest BCUT2D eigenvalue weighted by atomic mass is 9.92. The molecule has 1 atom stereocenters. The number of aryl methyl sites for hydroxylation is 1. The summed E-state index contributed by atoms with van der Waals surface area (Å²) in [4.78, 5) is 7.33. The van der Waals surface area contributed by atoms with Crippen LogP contribution in [-0.2, 0) is 0 Å². The Hall–Kier alpha value is -1.35. The van der Waals surface area contributed by atoms with E-state index in [-0.39, 0.29) is 0 Å². The highest BCUT2D eigenvalue weighted by molar-refractivity contribution is 5.73. The molecule has 2 heterocycles. The molecule has 1 saturated carbocycles. The van der Waals surface area contributed by atoms with Gasteiger partial charge in [-0.25, -0.2) is 4.98 Å². The third-order valence-corrected chi connectivity index (χ3v) is 4.72. The van der Waals surface area contributed by atoms with Crippen molar-refractivity contribution in [1.82, 2.24) is 9.88 Å². The Kier molecular flexibility index (Phi) is 2.62. The molecule has 1 aliphatic carbocycles. The zero-order valence-electron chi connectivity index (χ0n) is 11.4. The molecule has 1 aromatic heterocycles. The van der Waals surface area contributed by atoms with E-state index < -0.39 is 0 Å². The summed E-state index contributed by atoms with van der Waals surface area (Å²) in [7, 11) is 0. The van der Waals surface area contributed by atoms with Gasteiger partial charge < -0.3 is 4.42 Å². The monoisotopic (exact) mass is 256 g/mol. The molecule has 1 aliphatic heterocycles. The summed E-state index contributed by atoms with van der Waals surface area (Å²) >= 11 is 0. The summed E-state index contributed by atoms with van der Waals surface area (Å²) in [6, 6.07) is 7.09. The van der Waals surface area contributed by atoms with Crippen molar-refractivity contribution in [2.24, 2.45) is 0 Å². The second-order valence-corrected chi connectivity index (χ2v) is 6.09. The molecular formula is C16H20N2O. The summed E-state index contributed by atoms with van der Waals surface area (Å²) in [5, 5.41) is 0. The molecule has 0 bridgehead atoms. The molecule has 3 nitrogen and oxygen atoms in total. The minimum atomic E-state index is 0.494. The zero-order valence-corrected chi connectivity index (χ0v) is 11.4. The zero-order chi connectivity index (χ0) is 12.8. The number of fused-ring (bicyclic) bond motifs is 1. The number of likely N-dealkylation sites (tertiary alicyclic amines) is 1. The first-order valence-corrected chi connectivity index (χ1v) is 7.41. The van der Waals surface area contributed by atoms with Gasteiger partial charge in [-0.15, -0.1) is 0 Å². The van der Waals surface area contributed by atoms with Crippen molar-refractivity contribution in [2.75, 3.05) is 13.1 Å². The van der Waals surface area contributed by atoms with Crippen LogP contribution >= 0.6 is 0 Å². The van der Waals surface area contributed by atoms with Gasteiger partial charge >= 0.3 is 0 Å². The molecule has 0 N–H and O–H groups in total. The van der Waals surface area contributed by atoms with Crippen molar-refractivity contribution < 1.29 is 4.42 Å². The van der Waals surface area contributed by atoms with Gasteiger partial charge in [0.15, 0.2) is 11.5 Å². The second-order valence-electron chi connectivity index (χ2n) is 6.09. The number of rotatable bonds is 2. The standard InChI is InChI=1S/C16H20N2O/c1-11-5-6-15-14(9-11)17-16(19-15)12-7-8-18(10-12)13-3-2-4-13/h5-6,9,12-13H,2-4,7-8,10H2,1H3. The van der Waals surface area contributed by atoms with Crippen LogP contribution in [0.2, 0.25) is 0 Å². The predicted molar refractivity (Wildman–Crippen MR) is 75.3 cm³/mol. The molecule has 19 heavy (non-hydrogen) atoms. The van der Waals surface area contributed by atoms with E-state index in [4.69, 9.17) is 9.40 Å². The molecule has 0 spiro atoms. The van der Waals surface area contributed by atoms with Crippen LogP contribution in [0.15, 0.2) is 22.6 Å². The quantitative estimate of drug-likeness (QED) is 0.823. The van der Waals surface area contributed by atoms with Crippen LogP contribution in [0.25, 0.3) is 11.1 Å². The number of hydrogen-bond donors (Lipinski definition) is 0. The maximum atomic E-state index is 5.95. The second kappa shape index (κ2) is 4.34. The number of aromatic nitrogens is 1. The molecule has 100 valence electrons. The SMILES string of the molecule is Cc1ccc2oc(C3CCN(C4CCC4)C3)nc2c1. The summed E-state index contributed by atoms with van der Waals surface area (Å²) in [6.07, 6.45) is 5.38. The maximum absolute atomic E-state index is 5.95. The third kappa shape index (κ3) is 1.96. The van der Waals surface area contributed by atoms with Crippen LogP contribution in [0.3, 0.4) is 0 Å². The Morgan fingerprint density at radius 3 is 2.95 bits per heavy atom. The van der Waals surface area contributed by atoms with E-state index in [1.54, 1.807) is 0 Å². The lowest BCUT2D eigenvalue weighted by Gasteiger charge is -2.34. The molecule has 0 radical (unpaired) electrons. The number of oxazole rings is 1. The summed E-state index contributed by atoms with van der Waals surface area (Å²) in [5.41, 5.74) is 3.19. The lowest BCUT2D eigenvalue weighted by molar-refractivity contribution is 0.156. The van der Waals surface area contributed by atoms with Crippen molar-refractivity contribution >= 4 is 11.1 Å². The molecule has 1 aromatic carbocycles. The van der Waals surface area contributed by atoms with Gasteiger partial charge in [0.2, 0.25) is 0 Å². The van der Waals surface area contributed by atoms with Crippen LogP contribution in [0.4, 0.5) is 0 Å². The van der Waals surface area contributed by atoms with E-state index in [9.17, 15) is 0 Å². The van der Waals surface area contributed by atoms with E-state index in [0.29, 0.717) is 5.92 Å². The first-order chi connectivity index (χ1) is 9.29. The Morgan fingerprint density at radius 2 is 2.16 bits per heavy atom. The molecule has 1 unspecified atom stereocenters. The average molecular weight is 256 g/mol. The molecule has 2 fully saturated rings. The molecule has 3 heteroatoms. The number of benzene rings is 1. The van der Waals surface area contributed by atoms with Gasteiger partial charge in [0, 0.05) is 18.5 Å². The van der Waals surface area contributed by atoms with Crippen molar-refractivity contribution in [3.8, 4) is 0 Å². The number of nitrogens with zero attached hydrogens (tertiary/aromatic N) is 2. The highest BCUT2D eigenvalue weighted by atomic mass is 16.3. The lowest BCUT2D eigenvalue weighted by Crippen LogP contribution is -2.38. The van der Waals surface area contributed by atoms with Gasteiger partial charge in [-0.3, -0.25) is 4.90 Å². The van der Waals surface area contributed by atoms with Crippen molar-refractivity contribution in [3.05, 3.63) is 29.7 Å². The molecule has 2 aromatic rings. The van der Waals surface area contributed by atoms with Crippen molar-refractivity contribution in [1.29, 1.82) is 0 Å². The first-order valence-electron chi connectivity index (χ1n) is 7.41. The average Bonchev–Trinajstić information content (AvgIpc) is 2.92. The largest absolute Gasteiger partial charge is 0.440 e. The third-order valence-electron chi connectivity index (χ3n) is 4.72. The minimum Gasteiger partial charge on any atom is -0.440 e. The Balaban J connectivity index is 1.57. The fourth-order valence-corrected chi connectivity index (χ4v) is 3.30. The van der Waals surface area contributed by atoms with Gasteiger partial charge in [0.05, 0.1) is 0 Å². The van der Waals surface area contributed by atoms with E-state index in [1.165, 1.54) is 37.8 Å². The molecular weight excluding hydrogens is 236 g/mol. The van der Waals surface area contributed by atoms with Crippen LogP contribution in [0, 0.1) is 6.92 Å². The van der Waals surface area contributed by atoms with Gasteiger partial charge in [-0.1, -0.05) is 12.5 Å². The summed E-state index contributed by atoms with van der Waals surface area (Å²) < 4.78 is 5.95. The van der Waals surface area contributed by atoms with E-state index in [2.05, 4.69) is 24.0 Å². The fraction of sp³-hybridized carbons (Fsp3) is 0.562. The van der Waals surface area contributed by atoms with Gasteiger partial charge in [-0.2, -0.15) is 0 Å². The molecule has 2 aliphatic rings. The highest BCUT2D eigenvalue weighted by Crippen LogP contribution is 2.34. The van der Waals surface area contributed by atoms with Crippen LogP contribution in [0.5, 0.6) is 0 Å². The van der Waals surface area contributed by atoms with E-state index >= 15 is 0 Å². The van der Waals surface area contributed by atoms with Crippen LogP contribution in [-0.4, -0.2) is 29.0 Å². The van der Waals surface area contributed by atoms with E-state index in [0.717, 1.165) is 29.6 Å². The Bertz CT molecular complexity index is 600. The fourth-order valence-electron chi connectivity index (χ4n) is 3.30. The van der Waals surface area contributed by atoms with Gasteiger partial charge in [0.1, 0.15) is 5.52 Å². The normalized spacial score (nSPS) is 25.0. The molecule has 0 amide bonds. The maximum Gasteiger partial charge on any atom is 0.199 e. The summed E-state index contributed by atoms with van der Waals surface area (Å²) in [6.45, 7) is 4.45. The minimum absolute atomic E-state index is 0.494. The highest BCUT2D eigenvalue weighted by Gasteiger charge is 2.34. The predicted octanol–water partition coefficient (Wildman–Crippen LogP) is 3.48. The Morgan fingerprint density at radius 1 is 1.26 bits per heavy atom. The number of hydrogen-bond acceptors (Lipinski definition) is 3.